The maximum absolute atomic E-state index is 12.7. The van der Waals surface area contributed by atoms with Gasteiger partial charge >= 0.3 is 12.1 Å². The Morgan fingerprint density at radius 3 is 2.16 bits per heavy atom. The van der Waals surface area contributed by atoms with Crippen molar-refractivity contribution in [3.8, 4) is 0 Å². The van der Waals surface area contributed by atoms with Crippen molar-refractivity contribution in [3.63, 3.8) is 0 Å². The number of rotatable bonds is 3. The minimum Gasteiger partial charge on any atom is -0.480 e. The van der Waals surface area contributed by atoms with Gasteiger partial charge in [0.05, 0.1) is 11.3 Å². The summed E-state index contributed by atoms with van der Waals surface area (Å²) in [6.45, 7) is 2.22. The van der Waals surface area contributed by atoms with Crippen molar-refractivity contribution < 1.29 is 27.9 Å². The molecule has 0 aliphatic heterocycles. The Balaban J connectivity index is 3.08. The number of carbonyl (C=O) groups excluding carboxylic acids is 1. The van der Waals surface area contributed by atoms with Gasteiger partial charge in [-0.3, -0.25) is 9.59 Å². The predicted molar refractivity (Wildman–Crippen MR) is 61.5 cm³/mol. The van der Waals surface area contributed by atoms with E-state index in [1.165, 1.54) is 12.1 Å². The van der Waals surface area contributed by atoms with Crippen molar-refractivity contribution in [2.24, 2.45) is 5.41 Å². The molecule has 0 aromatic heterocycles. The van der Waals surface area contributed by atoms with Crippen LogP contribution in [0.1, 0.15) is 19.4 Å². The number of carboxylic acid groups (broad SMARTS) is 1. The minimum absolute atomic E-state index is 0.464. The lowest BCUT2D eigenvalue weighted by Crippen LogP contribution is -2.38. The van der Waals surface area contributed by atoms with Crippen LogP contribution in [0, 0.1) is 5.41 Å². The fraction of sp³-hybridized carbons (Fsp3) is 0.333. The molecule has 0 spiro atoms. The molecule has 19 heavy (non-hydrogen) atoms. The van der Waals surface area contributed by atoms with Gasteiger partial charge in [0.1, 0.15) is 5.41 Å². The van der Waals surface area contributed by atoms with Gasteiger partial charge in [-0.2, -0.15) is 13.2 Å². The summed E-state index contributed by atoms with van der Waals surface area (Å²) in [6, 6.07) is 4.38. The number of benzene rings is 1. The number of nitrogens with one attached hydrogen (secondary N) is 1. The molecule has 104 valence electrons. The number of anilines is 1. The first-order valence-corrected chi connectivity index (χ1v) is 5.28. The lowest BCUT2D eigenvalue weighted by atomic mass is 9.92. The van der Waals surface area contributed by atoms with E-state index in [0.717, 1.165) is 26.0 Å². The number of hydrogen-bond acceptors (Lipinski definition) is 2. The van der Waals surface area contributed by atoms with E-state index in [-0.39, 0.29) is 0 Å². The highest BCUT2D eigenvalue weighted by Crippen LogP contribution is 2.35. The van der Waals surface area contributed by atoms with E-state index in [0.29, 0.717) is 0 Å². The number of hydrogen-bond donors (Lipinski definition) is 2. The van der Waals surface area contributed by atoms with Crippen LogP contribution in [0.4, 0.5) is 18.9 Å². The van der Waals surface area contributed by atoms with Gasteiger partial charge in [0.15, 0.2) is 0 Å². The van der Waals surface area contributed by atoms with Gasteiger partial charge in [0, 0.05) is 0 Å². The van der Waals surface area contributed by atoms with E-state index < -0.39 is 34.7 Å². The summed E-state index contributed by atoms with van der Waals surface area (Å²) in [6.07, 6.45) is -4.63. The molecule has 0 saturated heterocycles. The van der Waals surface area contributed by atoms with E-state index in [4.69, 9.17) is 5.11 Å². The second kappa shape index (κ2) is 4.91. The molecule has 1 aromatic rings. The second-order valence-corrected chi connectivity index (χ2v) is 4.43. The first-order chi connectivity index (χ1) is 8.56. The first kappa shape index (κ1) is 15.0. The molecule has 0 aliphatic carbocycles. The topological polar surface area (TPSA) is 66.4 Å². The third kappa shape index (κ3) is 3.24. The number of alkyl halides is 3. The fourth-order valence-corrected chi connectivity index (χ4v) is 1.21. The van der Waals surface area contributed by atoms with E-state index in [2.05, 4.69) is 0 Å². The lowest BCUT2D eigenvalue weighted by molar-refractivity contribution is -0.151. The molecule has 0 unspecified atom stereocenters. The molecule has 0 bridgehead atoms. The summed E-state index contributed by atoms with van der Waals surface area (Å²) in [5.74, 6) is -2.44. The largest absolute Gasteiger partial charge is 0.480 e. The molecule has 0 heterocycles. The van der Waals surface area contributed by atoms with Crippen molar-refractivity contribution >= 4 is 17.6 Å². The van der Waals surface area contributed by atoms with Crippen molar-refractivity contribution in [2.45, 2.75) is 20.0 Å². The molecule has 7 heteroatoms. The third-order valence-electron chi connectivity index (χ3n) is 2.58. The van der Waals surface area contributed by atoms with Crippen LogP contribution in [0.15, 0.2) is 24.3 Å². The monoisotopic (exact) mass is 275 g/mol. The van der Waals surface area contributed by atoms with Crippen molar-refractivity contribution in [2.75, 3.05) is 5.32 Å². The minimum atomic E-state index is -4.63. The Morgan fingerprint density at radius 2 is 1.68 bits per heavy atom. The molecule has 0 saturated carbocycles. The van der Waals surface area contributed by atoms with E-state index >= 15 is 0 Å². The second-order valence-electron chi connectivity index (χ2n) is 4.43. The van der Waals surface area contributed by atoms with Gasteiger partial charge in [-0.05, 0) is 26.0 Å². The number of halogens is 3. The molecule has 1 amide bonds. The molecule has 2 N–H and O–H groups in total. The standard InChI is InChI=1S/C12H12F3NO3/c1-11(2,10(18)19)9(17)16-8-6-4-3-5-7(8)12(13,14)15/h3-6H,1-2H3,(H,16,17)(H,18,19). The van der Waals surface area contributed by atoms with Crippen LogP contribution < -0.4 is 5.32 Å². The van der Waals surface area contributed by atoms with E-state index in [9.17, 15) is 22.8 Å². The highest BCUT2D eigenvalue weighted by molar-refractivity contribution is 6.07. The van der Waals surface area contributed by atoms with E-state index in [1.807, 2.05) is 5.32 Å². The normalized spacial score (nSPS) is 12.1. The van der Waals surface area contributed by atoms with Gasteiger partial charge in [-0.25, -0.2) is 0 Å². The maximum Gasteiger partial charge on any atom is 0.418 e. The Morgan fingerprint density at radius 1 is 1.16 bits per heavy atom. The first-order valence-electron chi connectivity index (χ1n) is 5.28. The molecule has 0 radical (unpaired) electrons. The number of amides is 1. The van der Waals surface area contributed by atoms with Crippen LogP contribution in [0.25, 0.3) is 0 Å². The van der Waals surface area contributed by atoms with E-state index in [1.54, 1.807) is 0 Å². The van der Waals surface area contributed by atoms with Crippen LogP contribution in [-0.2, 0) is 15.8 Å². The Hall–Kier alpha value is -2.05. The molecular formula is C12H12F3NO3. The summed E-state index contributed by atoms with van der Waals surface area (Å²) < 4.78 is 38.1. The summed E-state index contributed by atoms with van der Waals surface area (Å²) in [4.78, 5) is 22.5. The zero-order valence-corrected chi connectivity index (χ0v) is 10.2. The fourth-order valence-electron chi connectivity index (χ4n) is 1.21. The number of para-hydroxylation sites is 1. The lowest BCUT2D eigenvalue weighted by Gasteiger charge is -2.20. The molecule has 4 nitrogen and oxygen atoms in total. The number of carbonyl (C=O) groups is 2. The van der Waals surface area contributed by atoms with Crippen LogP contribution >= 0.6 is 0 Å². The highest BCUT2D eigenvalue weighted by atomic mass is 19.4. The van der Waals surface area contributed by atoms with Gasteiger partial charge in [0.2, 0.25) is 5.91 Å². The summed E-state index contributed by atoms with van der Waals surface area (Å²) in [5, 5.41) is 10.8. The van der Waals surface area contributed by atoms with Crippen molar-refractivity contribution in [3.05, 3.63) is 29.8 Å². The summed E-state index contributed by atoms with van der Waals surface area (Å²) in [5.41, 5.74) is -3.31. The average Bonchev–Trinajstić information content (AvgIpc) is 2.27. The van der Waals surface area contributed by atoms with Gasteiger partial charge in [0.25, 0.3) is 0 Å². The van der Waals surface area contributed by atoms with Gasteiger partial charge < -0.3 is 10.4 Å². The Bertz CT molecular complexity index is 509. The number of aliphatic carboxylic acids is 1. The zero-order chi connectivity index (χ0) is 14.8. The molecular weight excluding hydrogens is 263 g/mol. The van der Waals surface area contributed by atoms with Crippen molar-refractivity contribution in [1.29, 1.82) is 0 Å². The van der Waals surface area contributed by atoms with Crippen LogP contribution in [-0.4, -0.2) is 17.0 Å². The molecule has 1 rings (SSSR count). The smallest absolute Gasteiger partial charge is 0.418 e. The molecule has 1 aromatic carbocycles. The third-order valence-corrected chi connectivity index (χ3v) is 2.58. The van der Waals surface area contributed by atoms with Crippen LogP contribution in [0.5, 0.6) is 0 Å². The highest BCUT2D eigenvalue weighted by Gasteiger charge is 2.38. The molecule has 0 atom stereocenters. The predicted octanol–water partition coefficient (Wildman–Crippen LogP) is 2.75. The van der Waals surface area contributed by atoms with Gasteiger partial charge in [-0.15, -0.1) is 0 Å². The van der Waals surface area contributed by atoms with Crippen molar-refractivity contribution in [1.82, 2.24) is 0 Å². The Labute approximate surface area is 107 Å². The molecule has 0 fully saturated rings. The average molecular weight is 275 g/mol. The summed E-state index contributed by atoms with van der Waals surface area (Å²) in [7, 11) is 0. The van der Waals surface area contributed by atoms with Gasteiger partial charge in [-0.1, -0.05) is 12.1 Å². The summed E-state index contributed by atoms with van der Waals surface area (Å²) >= 11 is 0. The SMILES string of the molecule is CC(C)(C(=O)O)C(=O)Nc1ccccc1C(F)(F)F. The van der Waals surface area contributed by atoms with Crippen LogP contribution in [0.3, 0.4) is 0 Å². The Kier molecular flexibility index (Phi) is 3.88. The number of carboxylic acids is 1. The molecule has 0 aliphatic rings. The van der Waals surface area contributed by atoms with Crippen LogP contribution in [0.2, 0.25) is 0 Å². The maximum atomic E-state index is 12.7. The quantitative estimate of drug-likeness (QED) is 0.833. The zero-order valence-electron chi connectivity index (χ0n) is 10.2.